The van der Waals surface area contributed by atoms with Gasteiger partial charge in [0, 0.05) is 5.92 Å². The molecule has 2 aliphatic heterocycles. The third kappa shape index (κ3) is 4.55. The van der Waals surface area contributed by atoms with Gasteiger partial charge in [-0.1, -0.05) is 66.3 Å². The maximum atomic E-state index is 11.1. The van der Waals surface area contributed by atoms with Crippen molar-refractivity contribution >= 4 is 12.0 Å². The molecule has 0 aromatic heterocycles. The van der Waals surface area contributed by atoms with Crippen molar-refractivity contribution in [1.82, 2.24) is 0 Å². The van der Waals surface area contributed by atoms with Crippen LogP contribution in [0.3, 0.4) is 0 Å². The highest BCUT2D eigenvalue weighted by atomic mass is 16.5. The third-order valence-corrected chi connectivity index (χ3v) is 6.27. The first-order chi connectivity index (χ1) is 14.5. The number of ether oxygens (including phenoxy) is 1. The zero-order valence-electron chi connectivity index (χ0n) is 17.1. The Labute approximate surface area is 177 Å². The predicted molar refractivity (Wildman–Crippen MR) is 117 cm³/mol. The van der Waals surface area contributed by atoms with Crippen molar-refractivity contribution in [1.29, 1.82) is 0 Å². The fourth-order valence-electron chi connectivity index (χ4n) is 4.63. The molecule has 30 heavy (non-hydrogen) atoms. The Morgan fingerprint density at radius 3 is 2.70 bits per heavy atom. The summed E-state index contributed by atoms with van der Waals surface area (Å²) in [6.45, 7) is 2.04. The number of carbonyl (C=O) groups is 1. The summed E-state index contributed by atoms with van der Waals surface area (Å²) in [5, 5.41) is 19.7. The molecule has 4 heteroatoms. The summed E-state index contributed by atoms with van der Waals surface area (Å²) >= 11 is 0. The molecule has 0 spiro atoms. The minimum atomic E-state index is -0.913. The number of allylic oxidation sites excluding steroid dienone is 1. The average molecular weight is 405 g/mol. The highest BCUT2D eigenvalue weighted by molar-refractivity contribution is 5.88. The van der Waals surface area contributed by atoms with Gasteiger partial charge in [0.1, 0.15) is 0 Å². The van der Waals surface area contributed by atoms with Crippen molar-refractivity contribution in [3.8, 4) is 0 Å². The predicted octanol–water partition coefficient (Wildman–Crippen LogP) is 5.18. The van der Waals surface area contributed by atoms with Crippen LogP contribution in [0, 0.1) is 18.8 Å². The molecular formula is C26H28O4. The summed E-state index contributed by atoms with van der Waals surface area (Å²) in [6, 6.07) is 14.9. The summed E-state index contributed by atoms with van der Waals surface area (Å²) in [5.41, 5.74) is 3.26. The molecule has 4 rings (SSSR count). The molecule has 2 bridgehead atoms. The van der Waals surface area contributed by atoms with E-state index in [0.29, 0.717) is 17.4 Å². The largest absolute Gasteiger partial charge is 0.478 e. The Balaban J connectivity index is 1.42. The highest BCUT2D eigenvalue weighted by Gasteiger charge is 2.46. The van der Waals surface area contributed by atoms with Crippen LogP contribution in [-0.2, 0) is 4.74 Å². The van der Waals surface area contributed by atoms with Gasteiger partial charge < -0.3 is 14.9 Å². The van der Waals surface area contributed by atoms with Gasteiger partial charge in [0.15, 0.2) is 0 Å². The quantitative estimate of drug-likeness (QED) is 0.624. The summed E-state index contributed by atoms with van der Waals surface area (Å²) in [7, 11) is 0. The first-order valence-corrected chi connectivity index (χ1v) is 10.6. The van der Waals surface area contributed by atoms with Crippen LogP contribution < -0.4 is 0 Å². The fourth-order valence-corrected chi connectivity index (χ4v) is 4.63. The molecule has 2 aliphatic rings. The molecular weight excluding hydrogens is 376 g/mol. The molecule has 5 atom stereocenters. The molecule has 2 aromatic rings. The second-order valence-corrected chi connectivity index (χ2v) is 8.34. The molecule has 4 nitrogen and oxygen atoms in total. The van der Waals surface area contributed by atoms with Crippen LogP contribution in [0.4, 0.5) is 0 Å². The Hall–Kier alpha value is -2.69. The van der Waals surface area contributed by atoms with E-state index in [2.05, 4.69) is 12.2 Å². The summed E-state index contributed by atoms with van der Waals surface area (Å²) in [6.07, 6.45) is 11.0. The monoisotopic (exact) mass is 404 g/mol. The summed E-state index contributed by atoms with van der Waals surface area (Å²) in [4.78, 5) is 11.1. The number of carboxylic acid groups (broad SMARTS) is 1. The fraction of sp³-hybridized carbons (Fsp3) is 0.346. The molecule has 0 amide bonds. The van der Waals surface area contributed by atoms with Crippen molar-refractivity contribution in [3.63, 3.8) is 0 Å². The normalized spacial score (nSPS) is 26.6. The van der Waals surface area contributed by atoms with Gasteiger partial charge in [-0.3, -0.25) is 0 Å². The Kier molecular flexibility index (Phi) is 6.16. The van der Waals surface area contributed by atoms with E-state index >= 15 is 0 Å². The van der Waals surface area contributed by atoms with Gasteiger partial charge in [-0.15, -0.1) is 0 Å². The van der Waals surface area contributed by atoms with Crippen LogP contribution in [0.15, 0.2) is 66.8 Å². The van der Waals surface area contributed by atoms with Gasteiger partial charge in [0.2, 0.25) is 0 Å². The first kappa shape index (κ1) is 20.6. The summed E-state index contributed by atoms with van der Waals surface area (Å²) < 4.78 is 6.16. The molecule has 2 heterocycles. The van der Waals surface area contributed by atoms with Crippen molar-refractivity contribution in [3.05, 3.63) is 89.0 Å². The van der Waals surface area contributed by atoms with Gasteiger partial charge in [0.05, 0.1) is 23.9 Å². The van der Waals surface area contributed by atoms with Crippen molar-refractivity contribution in [2.24, 2.45) is 11.8 Å². The van der Waals surface area contributed by atoms with E-state index < -0.39 is 12.1 Å². The van der Waals surface area contributed by atoms with Crippen LogP contribution in [0.25, 0.3) is 6.08 Å². The van der Waals surface area contributed by atoms with E-state index in [1.165, 1.54) is 5.56 Å². The minimum Gasteiger partial charge on any atom is -0.478 e. The lowest BCUT2D eigenvalue weighted by molar-refractivity contribution is 0.0696. The van der Waals surface area contributed by atoms with E-state index in [0.717, 1.165) is 30.4 Å². The van der Waals surface area contributed by atoms with Crippen LogP contribution in [-0.4, -0.2) is 28.4 Å². The zero-order valence-corrected chi connectivity index (χ0v) is 17.1. The second-order valence-electron chi connectivity index (χ2n) is 8.34. The van der Waals surface area contributed by atoms with Crippen LogP contribution in [0.5, 0.6) is 0 Å². The maximum absolute atomic E-state index is 11.1. The molecule has 0 aliphatic carbocycles. The number of aromatic carboxylic acids is 1. The molecule has 2 aromatic carbocycles. The Morgan fingerprint density at radius 2 is 1.93 bits per heavy atom. The topological polar surface area (TPSA) is 66.8 Å². The molecule has 1 unspecified atom stereocenters. The van der Waals surface area contributed by atoms with Crippen LogP contribution in [0.1, 0.15) is 52.4 Å². The second kappa shape index (κ2) is 8.99. The van der Waals surface area contributed by atoms with E-state index in [-0.39, 0.29) is 12.2 Å². The van der Waals surface area contributed by atoms with Gasteiger partial charge in [-0.2, -0.15) is 0 Å². The number of rotatable bonds is 7. The number of aliphatic hydroxyl groups is 1. The van der Waals surface area contributed by atoms with Crippen molar-refractivity contribution in [2.45, 2.75) is 44.5 Å². The van der Waals surface area contributed by atoms with Gasteiger partial charge in [-0.25, -0.2) is 4.79 Å². The first-order valence-electron chi connectivity index (χ1n) is 10.6. The number of fused-ring (bicyclic) bond motifs is 2. The number of carboxylic acids is 1. The van der Waals surface area contributed by atoms with Crippen LogP contribution in [0.2, 0.25) is 0 Å². The standard InChI is InChI=1S/C26H28O4/c1-17-8-10-19(11-9-17)23(27)13-12-22-21(24-14-15-25(22)30-24)7-3-5-18-4-2-6-20(16-18)26(28)29/h2-6,8-13,16,21-25,27H,7,14-15H2,1H3,(H,28,29)/b5-3-,13-12?/t21-,22-,23?,24-,25+/m1/s1. The van der Waals surface area contributed by atoms with Gasteiger partial charge >= 0.3 is 5.97 Å². The summed E-state index contributed by atoms with van der Waals surface area (Å²) in [5.74, 6) is -0.243. The van der Waals surface area contributed by atoms with Crippen molar-refractivity contribution in [2.75, 3.05) is 0 Å². The number of hydrogen-bond acceptors (Lipinski definition) is 3. The molecule has 2 N–H and O–H groups in total. The van der Waals surface area contributed by atoms with E-state index in [9.17, 15) is 9.90 Å². The van der Waals surface area contributed by atoms with E-state index in [1.54, 1.807) is 18.2 Å². The third-order valence-electron chi connectivity index (χ3n) is 6.27. The van der Waals surface area contributed by atoms with E-state index in [4.69, 9.17) is 9.84 Å². The zero-order chi connectivity index (χ0) is 21.1. The molecule has 0 saturated carbocycles. The lowest BCUT2D eigenvalue weighted by Gasteiger charge is -2.25. The highest BCUT2D eigenvalue weighted by Crippen LogP contribution is 2.46. The number of hydrogen-bond donors (Lipinski definition) is 2. The molecule has 2 saturated heterocycles. The van der Waals surface area contributed by atoms with Gasteiger partial charge in [0.25, 0.3) is 0 Å². The molecule has 0 radical (unpaired) electrons. The van der Waals surface area contributed by atoms with Crippen molar-refractivity contribution < 1.29 is 19.7 Å². The SMILES string of the molecule is Cc1ccc(C(O)C=C[C@@H]2[C@@H](C/C=C\c3cccc(C(=O)O)c3)[C@H]3CC[C@@H]2O3)cc1. The van der Waals surface area contributed by atoms with E-state index in [1.807, 2.05) is 49.4 Å². The number of aliphatic hydroxyl groups excluding tert-OH is 1. The lowest BCUT2D eigenvalue weighted by atomic mass is 9.77. The Morgan fingerprint density at radius 1 is 1.17 bits per heavy atom. The van der Waals surface area contributed by atoms with Gasteiger partial charge in [-0.05, 0) is 55.4 Å². The smallest absolute Gasteiger partial charge is 0.335 e. The molecule has 2 fully saturated rings. The van der Waals surface area contributed by atoms with Crippen LogP contribution >= 0.6 is 0 Å². The number of aryl methyl sites for hydroxylation is 1. The molecule has 156 valence electrons. The minimum absolute atomic E-state index is 0.227. The lowest BCUT2D eigenvalue weighted by Crippen LogP contribution is -2.25. The number of benzene rings is 2. The Bertz CT molecular complexity index is 944. The maximum Gasteiger partial charge on any atom is 0.335 e. The average Bonchev–Trinajstić information content (AvgIpc) is 3.35.